The number of fused-ring (bicyclic) bond motifs is 1. The van der Waals surface area contributed by atoms with Crippen molar-refractivity contribution in [3.63, 3.8) is 0 Å². The Kier molecular flexibility index (Phi) is 9.03. The molecule has 1 aliphatic heterocycles. The van der Waals surface area contributed by atoms with Gasteiger partial charge in [0.1, 0.15) is 11.7 Å². The van der Waals surface area contributed by atoms with Crippen molar-refractivity contribution in [2.24, 2.45) is 0 Å². The molecule has 0 spiro atoms. The van der Waals surface area contributed by atoms with Crippen molar-refractivity contribution < 1.29 is 32.3 Å². The van der Waals surface area contributed by atoms with Crippen LogP contribution in [0.3, 0.4) is 0 Å². The molecule has 2 amide bonds. The fourth-order valence-electron chi connectivity index (χ4n) is 5.68. The minimum atomic E-state index is -3.74. The number of hydrogen-bond acceptors (Lipinski definition) is 7. The molecule has 2 heterocycles. The Morgan fingerprint density at radius 3 is 2.43 bits per heavy atom. The number of halogens is 2. The summed E-state index contributed by atoms with van der Waals surface area (Å²) in [5.74, 6) is -3.12. The van der Waals surface area contributed by atoms with Crippen LogP contribution in [0.5, 0.6) is 0 Å². The molecule has 15 heteroatoms. The second-order valence-electron chi connectivity index (χ2n) is 11.3. The van der Waals surface area contributed by atoms with Gasteiger partial charge in [-0.25, -0.2) is 26.6 Å². The first-order valence-electron chi connectivity index (χ1n) is 14.8. The number of nitrogens with zero attached hydrogens (tertiary/aromatic N) is 5. The molecule has 6 rings (SSSR count). The predicted molar refractivity (Wildman–Crippen MR) is 179 cm³/mol. The van der Waals surface area contributed by atoms with Gasteiger partial charge in [-0.1, -0.05) is 53.2 Å². The van der Waals surface area contributed by atoms with E-state index in [0.29, 0.717) is 28.8 Å². The van der Waals surface area contributed by atoms with E-state index in [1.807, 2.05) is 6.07 Å². The highest BCUT2D eigenvalue weighted by Crippen LogP contribution is 2.38. The van der Waals surface area contributed by atoms with Gasteiger partial charge in [0.15, 0.2) is 11.5 Å². The Labute approximate surface area is 285 Å². The second kappa shape index (κ2) is 13.2. The number of anilines is 1. The van der Waals surface area contributed by atoms with Crippen molar-refractivity contribution in [1.82, 2.24) is 24.2 Å². The third kappa shape index (κ3) is 6.40. The molecule has 12 nitrogen and oxygen atoms in total. The number of aromatic carboxylic acids is 1. The maximum Gasteiger partial charge on any atom is 0.335 e. The Morgan fingerprint density at radius 2 is 1.71 bits per heavy atom. The average molecular weight is 703 g/mol. The normalized spacial score (nSPS) is 14.4. The van der Waals surface area contributed by atoms with Gasteiger partial charge >= 0.3 is 5.97 Å². The molecular weight excluding hydrogens is 675 g/mol. The highest BCUT2D eigenvalue weighted by atomic mass is 35.5. The molecule has 49 heavy (non-hydrogen) atoms. The largest absolute Gasteiger partial charge is 0.478 e. The minimum absolute atomic E-state index is 0.0229. The molecule has 0 aliphatic carbocycles. The fourth-order valence-corrected chi connectivity index (χ4v) is 6.80. The Bertz CT molecular complexity index is 2220. The maximum absolute atomic E-state index is 14.7. The molecule has 250 valence electrons. The standard InChI is InChI=1S/C34H28ClFN6O6S/c1-40(2)49(47,48)23-7-3-6-21(18-23)24-8-4-9-26-25(24)16-17-41(31(26)32(43)37-22-14-12-20(13-15-22)34(45)46)33(44)28-19-42(39-38-28)29-11-5-10-27(35)30(29)36/h3-15,18-19,31H,16-17H2,1-2H3,(H,37,43)(H,45,46). The van der Waals surface area contributed by atoms with Gasteiger partial charge in [0.2, 0.25) is 10.0 Å². The minimum Gasteiger partial charge on any atom is -0.478 e. The predicted octanol–water partition coefficient (Wildman–Crippen LogP) is 5.05. The number of carboxylic acid groups (broad SMARTS) is 1. The zero-order chi connectivity index (χ0) is 35.0. The summed E-state index contributed by atoms with van der Waals surface area (Å²) in [6, 6.07) is 20.4. The van der Waals surface area contributed by atoms with E-state index in [1.165, 1.54) is 73.7 Å². The van der Waals surface area contributed by atoms with Crippen molar-refractivity contribution in [1.29, 1.82) is 0 Å². The number of benzene rings is 4. The maximum atomic E-state index is 14.7. The van der Waals surface area contributed by atoms with Gasteiger partial charge in [-0.15, -0.1) is 5.10 Å². The van der Waals surface area contributed by atoms with Gasteiger partial charge in [-0.2, -0.15) is 0 Å². The Hall–Kier alpha value is -5.44. The second-order valence-corrected chi connectivity index (χ2v) is 13.9. The van der Waals surface area contributed by atoms with Crippen LogP contribution in [-0.4, -0.2) is 76.1 Å². The van der Waals surface area contributed by atoms with Gasteiger partial charge in [0, 0.05) is 26.3 Å². The number of nitrogens with one attached hydrogen (secondary N) is 1. The summed E-state index contributed by atoms with van der Waals surface area (Å²) < 4.78 is 42.8. The fraction of sp³-hybridized carbons (Fsp3) is 0.147. The molecule has 4 aromatic carbocycles. The molecule has 1 atom stereocenters. The topological polar surface area (TPSA) is 155 Å². The van der Waals surface area contributed by atoms with Crippen LogP contribution >= 0.6 is 11.6 Å². The first-order chi connectivity index (χ1) is 23.4. The Morgan fingerprint density at radius 1 is 1.00 bits per heavy atom. The third-order valence-corrected chi connectivity index (χ3v) is 10.2. The molecule has 0 saturated carbocycles. The van der Waals surface area contributed by atoms with Gasteiger partial charge in [-0.3, -0.25) is 9.59 Å². The molecule has 1 aromatic heterocycles. The number of amides is 2. The first-order valence-corrected chi connectivity index (χ1v) is 16.7. The number of sulfonamides is 1. The summed E-state index contributed by atoms with van der Waals surface area (Å²) in [6.45, 7) is 0.0625. The van der Waals surface area contributed by atoms with Gasteiger partial charge < -0.3 is 15.3 Å². The molecule has 0 radical (unpaired) electrons. The van der Waals surface area contributed by atoms with E-state index in [-0.39, 0.29) is 33.4 Å². The monoisotopic (exact) mass is 702 g/mol. The van der Waals surface area contributed by atoms with Crippen molar-refractivity contribution >= 4 is 45.1 Å². The summed E-state index contributed by atoms with van der Waals surface area (Å²) in [6.07, 6.45) is 1.55. The van der Waals surface area contributed by atoms with Gasteiger partial charge in [0.05, 0.1) is 21.7 Å². The highest BCUT2D eigenvalue weighted by molar-refractivity contribution is 7.89. The van der Waals surface area contributed by atoms with Crippen LogP contribution in [0.2, 0.25) is 5.02 Å². The Balaban J connectivity index is 1.41. The molecule has 2 N–H and O–H groups in total. The van der Waals surface area contributed by atoms with E-state index in [9.17, 15) is 32.3 Å². The molecule has 1 unspecified atom stereocenters. The van der Waals surface area contributed by atoms with Crippen molar-refractivity contribution in [3.05, 3.63) is 124 Å². The van der Waals surface area contributed by atoms with Crippen LogP contribution in [0.15, 0.2) is 96.0 Å². The van der Waals surface area contributed by atoms with Crippen LogP contribution in [-0.2, 0) is 21.2 Å². The van der Waals surface area contributed by atoms with Crippen LogP contribution in [0.25, 0.3) is 16.8 Å². The number of carboxylic acids is 1. The number of carbonyl (C=O) groups excluding carboxylic acids is 2. The molecule has 5 aromatic rings. The van der Waals surface area contributed by atoms with Crippen LogP contribution < -0.4 is 5.32 Å². The summed E-state index contributed by atoms with van der Waals surface area (Å²) in [5.41, 5.74) is 2.67. The van der Waals surface area contributed by atoms with E-state index < -0.39 is 39.7 Å². The lowest BCUT2D eigenvalue weighted by Gasteiger charge is -2.37. The van der Waals surface area contributed by atoms with E-state index in [4.69, 9.17) is 11.6 Å². The lowest BCUT2D eigenvalue weighted by molar-refractivity contribution is -0.121. The summed E-state index contributed by atoms with van der Waals surface area (Å²) in [5, 5.41) is 19.8. The van der Waals surface area contributed by atoms with Gasteiger partial charge in [0.25, 0.3) is 11.8 Å². The number of rotatable bonds is 8. The molecule has 0 fully saturated rings. The van der Waals surface area contributed by atoms with E-state index >= 15 is 0 Å². The highest BCUT2D eigenvalue weighted by Gasteiger charge is 2.38. The van der Waals surface area contributed by atoms with Crippen molar-refractivity contribution in [2.75, 3.05) is 26.0 Å². The summed E-state index contributed by atoms with van der Waals surface area (Å²) in [7, 11) is -0.846. The number of hydrogen-bond donors (Lipinski definition) is 2. The first kappa shape index (κ1) is 33.5. The van der Waals surface area contributed by atoms with Gasteiger partial charge in [-0.05, 0) is 77.2 Å². The van der Waals surface area contributed by atoms with Crippen molar-refractivity contribution in [3.8, 4) is 16.8 Å². The summed E-state index contributed by atoms with van der Waals surface area (Å²) >= 11 is 5.93. The zero-order valence-corrected chi connectivity index (χ0v) is 27.6. The average Bonchev–Trinajstić information content (AvgIpc) is 3.58. The van der Waals surface area contributed by atoms with Crippen LogP contribution in [0.4, 0.5) is 10.1 Å². The molecule has 0 bridgehead atoms. The molecule has 0 saturated heterocycles. The number of carbonyl (C=O) groups is 3. The SMILES string of the molecule is CN(C)S(=O)(=O)c1cccc(-c2cccc3c2CCN(C(=O)c2cn(-c4cccc(Cl)c4F)nn2)C3C(=O)Nc2ccc(C(=O)O)cc2)c1. The van der Waals surface area contributed by atoms with Crippen LogP contribution in [0, 0.1) is 5.82 Å². The summed E-state index contributed by atoms with van der Waals surface area (Å²) in [4.78, 5) is 40.9. The molecular formula is C34H28ClFN6O6S. The van der Waals surface area contributed by atoms with Crippen LogP contribution in [0.1, 0.15) is 38.0 Å². The van der Waals surface area contributed by atoms with E-state index in [2.05, 4.69) is 15.6 Å². The van der Waals surface area contributed by atoms with E-state index in [1.54, 1.807) is 30.3 Å². The molecule has 1 aliphatic rings. The quantitative estimate of drug-likeness (QED) is 0.228. The van der Waals surface area contributed by atoms with E-state index in [0.717, 1.165) is 14.6 Å². The zero-order valence-electron chi connectivity index (χ0n) is 26.0. The number of aromatic nitrogens is 3. The lowest BCUT2D eigenvalue weighted by atomic mass is 9.86. The lowest BCUT2D eigenvalue weighted by Crippen LogP contribution is -2.45. The van der Waals surface area contributed by atoms with Crippen molar-refractivity contribution in [2.45, 2.75) is 17.4 Å². The third-order valence-electron chi connectivity index (χ3n) is 8.14. The smallest absolute Gasteiger partial charge is 0.335 e.